The van der Waals surface area contributed by atoms with Crippen LogP contribution in [0.2, 0.25) is 0 Å². The monoisotopic (exact) mass is 219 g/mol. The van der Waals surface area contributed by atoms with Gasteiger partial charge in [0.05, 0.1) is 25.4 Å². The lowest BCUT2D eigenvalue weighted by molar-refractivity contribution is -0.00924. The van der Waals surface area contributed by atoms with Crippen LogP contribution in [0.25, 0.3) is 0 Å². The summed E-state index contributed by atoms with van der Waals surface area (Å²) in [6.07, 6.45) is 0. The molecular formula is C11H25NO3. The summed E-state index contributed by atoms with van der Waals surface area (Å²) in [6, 6.07) is 0. The van der Waals surface area contributed by atoms with Crippen molar-refractivity contribution in [2.75, 3.05) is 33.5 Å². The Kier molecular flexibility index (Phi) is 6.36. The van der Waals surface area contributed by atoms with Crippen LogP contribution >= 0.6 is 0 Å². The molecule has 0 aromatic heterocycles. The van der Waals surface area contributed by atoms with E-state index in [1.807, 2.05) is 13.8 Å². The first-order chi connectivity index (χ1) is 6.81. The molecule has 92 valence electrons. The molecule has 0 saturated carbocycles. The third kappa shape index (κ3) is 6.10. The molecule has 0 aliphatic heterocycles. The zero-order valence-electron chi connectivity index (χ0n) is 10.6. The smallest absolute Gasteiger partial charge is 0.0767 e. The second-order valence-corrected chi connectivity index (χ2v) is 4.72. The van der Waals surface area contributed by atoms with Gasteiger partial charge in [-0.25, -0.2) is 0 Å². The fourth-order valence-electron chi connectivity index (χ4n) is 0.896. The molecule has 0 aromatic carbocycles. The van der Waals surface area contributed by atoms with Crippen molar-refractivity contribution in [1.29, 1.82) is 0 Å². The highest BCUT2D eigenvalue weighted by Crippen LogP contribution is 2.19. The molecule has 0 heterocycles. The molecular weight excluding hydrogens is 194 g/mol. The van der Waals surface area contributed by atoms with Crippen LogP contribution in [-0.2, 0) is 9.47 Å². The first-order valence-electron chi connectivity index (χ1n) is 5.35. The average Bonchev–Trinajstić information content (AvgIpc) is 2.09. The van der Waals surface area contributed by atoms with Crippen LogP contribution in [0.15, 0.2) is 0 Å². The predicted molar refractivity (Wildman–Crippen MR) is 61.1 cm³/mol. The van der Waals surface area contributed by atoms with E-state index < -0.39 is 5.60 Å². The van der Waals surface area contributed by atoms with Crippen molar-refractivity contribution in [3.63, 3.8) is 0 Å². The van der Waals surface area contributed by atoms with Crippen molar-refractivity contribution >= 4 is 0 Å². The molecule has 0 radical (unpaired) electrons. The lowest BCUT2D eigenvalue weighted by Gasteiger charge is -2.38. The van der Waals surface area contributed by atoms with E-state index in [0.717, 1.165) is 6.54 Å². The van der Waals surface area contributed by atoms with E-state index >= 15 is 0 Å². The van der Waals surface area contributed by atoms with Gasteiger partial charge in [-0.05, 0) is 27.7 Å². The van der Waals surface area contributed by atoms with Gasteiger partial charge in [0.2, 0.25) is 0 Å². The number of rotatable bonds is 8. The van der Waals surface area contributed by atoms with Gasteiger partial charge in [0.25, 0.3) is 0 Å². The summed E-state index contributed by atoms with van der Waals surface area (Å²) < 4.78 is 10.2. The number of methoxy groups -OCH3 is 1. The normalized spacial score (nSPS) is 13.2. The predicted octanol–water partition coefficient (Wildman–Crippen LogP) is 0.788. The minimum absolute atomic E-state index is 0.322. The second kappa shape index (κ2) is 6.43. The minimum atomic E-state index is -0.750. The molecule has 4 heteroatoms. The van der Waals surface area contributed by atoms with Gasteiger partial charge in [0.15, 0.2) is 0 Å². The zero-order chi connectivity index (χ0) is 11.9. The molecule has 15 heavy (non-hydrogen) atoms. The molecule has 0 aliphatic rings. The maximum absolute atomic E-state index is 9.86. The molecule has 0 rings (SSSR count). The van der Waals surface area contributed by atoms with Crippen molar-refractivity contribution in [2.24, 2.45) is 0 Å². The third-order valence-corrected chi connectivity index (χ3v) is 2.77. The molecule has 0 bridgehead atoms. The lowest BCUT2D eigenvalue weighted by atomic mass is 9.86. The lowest BCUT2D eigenvalue weighted by Crippen LogP contribution is -2.56. The molecule has 0 unspecified atom stereocenters. The van der Waals surface area contributed by atoms with Gasteiger partial charge in [0.1, 0.15) is 0 Å². The van der Waals surface area contributed by atoms with Crippen molar-refractivity contribution in [3.8, 4) is 0 Å². The highest BCUT2D eigenvalue weighted by atomic mass is 16.5. The van der Waals surface area contributed by atoms with Gasteiger partial charge in [-0.15, -0.1) is 0 Å². The average molecular weight is 219 g/mol. The number of nitrogens with one attached hydrogen (secondary N) is 1. The van der Waals surface area contributed by atoms with Crippen LogP contribution in [0, 0.1) is 0 Å². The summed E-state index contributed by atoms with van der Waals surface area (Å²) in [7, 11) is 1.65. The molecule has 0 aliphatic carbocycles. The minimum Gasteiger partial charge on any atom is -0.389 e. The number of aliphatic hydroxyl groups is 1. The highest BCUT2D eigenvalue weighted by molar-refractivity contribution is 4.93. The summed E-state index contributed by atoms with van der Waals surface area (Å²) in [5.74, 6) is 0. The van der Waals surface area contributed by atoms with Crippen molar-refractivity contribution in [2.45, 2.75) is 38.8 Å². The number of hydrogen-bond acceptors (Lipinski definition) is 4. The fraction of sp³-hybridized carbons (Fsp3) is 1.00. The maximum Gasteiger partial charge on any atom is 0.0767 e. The molecule has 2 N–H and O–H groups in total. The first-order valence-corrected chi connectivity index (χ1v) is 5.35. The summed E-state index contributed by atoms with van der Waals surface area (Å²) in [5.41, 5.74) is -1.07. The van der Waals surface area contributed by atoms with Crippen LogP contribution in [0.5, 0.6) is 0 Å². The SMILES string of the molecule is COCCOCCNC(C)(C)C(C)(C)O. The fourth-order valence-corrected chi connectivity index (χ4v) is 0.896. The second-order valence-electron chi connectivity index (χ2n) is 4.72. The van der Waals surface area contributed by atoms with Gasteiger partial charge in [0, 0.05) is 19.2 Å². The number of ether oxygens (including phenoxy) is 2. The van der Waals surface area contributed by atoms with Crippen LogP contribution in [0.1, 0.15) is 27.7 Å². The quantitative estimate of drug-likeness (QED) is 0.593. The molecule has 4 nitrogen and oxygen atoms in total. The summed E-state index contributed by atoms with van der Waals surface area (Å²) in [6.45, 7) is 10.1. The van der Waals surface area contributed by atoms with Crippen molar-refractivity contribution in [1.82, 2.24) is 5.32 Å². The molecule has 0 amide bonds. The Morgan fingerprint density at radius 3 is 2.13 bits per heavy atom. The molecule has 0 spiro atoms. The van der Waals surface area contributed by atoms with E-state index in [1.165, 1.54) is 0 Å². The molecule has 0 aromatic rings. The van der Waals surface area contributed by atoms with Gasteiger partial charge in [-0.2, -0.15) is 0 Å². The van der Waals surface area contributed by atoms with E-state index in [0.29, 0.717) is 19.8 Å². The molecule has 0 atom stereocenters. The van der Waals surface area contributed by atoms with Crippen molar-refractivity contribution < 1.29 is 14.6 Å². The third-order valence-electron chi connectivity index (χ3n) is 2.77. The van der Waals surface area contributed by atoms with Gasteiger partial charge >= 0.3 is 0 Å². The first kappa shape index (κ1) is 14.8. The summed E-state index contributed by atoms with van der Waals surface area (Å²) in [4.78, 5) is 0. The van der Waals surface area contributed by atoms with E-state index in [9.17, 15) is 5.11 Å². The van der Waals surface area contributed by atoms with Crippen LogP contribution in [-0.4, -0.2) is 49.7 Å². The van der Waals surface area contributed by atoms with Crippen LogP contribution < -0.4 is 5.32 Å². The topological polar surface area (TPSA) is 50.7 Å². The Labute approximate surface area is 93.0 Å². The molecule has 0 fully saturated rings. The Balaban J connectivity index is 3.58. The van der Waals surface area contributed by atoms with Gasteiger partial charge in [-0.1, -0.05) is 0 Å². The Morgan fingerprint density at radius 2 is 1.67 bits per heavy atom. The van der Waals surface area contributed by atoms with E-state index in [-0.39, 0.29) is 5.54 Å². The van der Waals surface area contributed by atoms with Gasteiger partial charge < -0.3 is 19.9 Å². The standard InChI is InChI=1S/C11H25NO3/c1-10(2,11(3,4)13)12-6-7-15-9-8-14-5/h12-13H,6-9H2,1-5H3. The van der Waals surface area contributed by atoms with E-state index in [2.05, 4.69) is 5.32 Å². The van der Waals surface area contributed by atoms with Crippen LogP contribution in [0.4, 0.5) is 0 Å². The Bertz CT molecular complexity index is 164. The Morgan fingerprint density at radius 1 is 1.07 bits per heavy atom. The zero-order valence-corrected chi connectivity index (χ0v) is 10.6. The number of hydrogen-bond donors (Lipinski definition) is 2. The van der Waals surface area contributed by atoms with Crippen LogP contribution in [0.3, 0.4) is 0 Å². The van der Waals surface area contributed by atoms with Crippen molar-refractivity contribution in [3.05, 3.63) is 0 Å². The highest BCUT2D eigenvalue weighted by Gasteiger charge is 2.33. The van der Waals surface area contributed by atoms with Gasteiger partial charge in [-0.3, -0.25) is 0 Å². The van der Waals surface area contributed by atoms with E-state index in [4.69, 9.17) is 9.47 Å². The van der Waals surface area contributed by atoms with E-state index in [1.54, 1.807) is 21.0 Å². The molecule has 0 saturated heterocycles. The summed E-state index contributed by atoms with van der Waals surface area (Å²) >= 11 is 0. The maximum atomic E-state index is 9.86. The summed E-state index contributed by atoms with van der Waals surface area (Å²) in [5, 5.41) is 13.1. The Hall–Kier alpha value is -0.160. The largest absolute Gasteiger partial charge is 0.389 e.